The van der Waals surface area contributed by atoms with Crippen molar-refractivity contribution in [2.45, 2.75) is 39.0 Å². The Morgan fingerprint density at radius 1 is 1.00 bits per heavy atom. The Kier molecular flexibility index (Phi) is 8.30. The van der Waals surface area contributed by atoms with Crippen LogP contribution in [-0.2, 0) is 6.42 Å². The van der Waals surface area contributed by atoms with E-state index >= 15 is 0 Å². The molecule has 1 heteroatoms. The third kappa shape index (κ3) is 5.66. The van der Waals surface area contributed by atoms with Gasteiger partial charge in [-0.05, 0) is 30.9 Å². The summed E-state index contributed by atoms with van der Waals surface area (Å²) in [5, 5.41) is 0. The van der Waals surface area contributed by atoms with Crippen LogP contribution < -0.4 is 0 Å². The summed E-state index contributed by atoms with van der Waals surface area (Å²) in [5.41, 5.74) is 2.56. The van der Waals surface area contributed by atoms with Crippen molar-refractivity contribution >= 4 is 23.1 Å². The zero-order valence-electron chi connectivity index (χ0n) is 8.55. The Labute approximate surface area is 104 Å². The maximum absolute atomic E-state index is 3.87. The molecule has 1 aromatic carbocycles. The Balaban J connectivity index is 0.00000169. The maximum atomic E-state index is 3.87. The van der Waals surface area contributed by atoms with Crippen molar-refractivity contribution in [3.8, 4) is 0 Å². The highest BCUT2D eigenvalue weighted by Crippen LogP contribution is 2.08. The molecular formula is C13H21Mg. The quantitative estimate of drug-likeness (QED) is 0.507. The van der Waals surface area contributed by atoms with Gasteiger partial charge in [0, 0.05) is 0 Å². The van der Waals surface area contributed by atoms with Gasteiger partial charge in [0.1, 0.15) is 0 Å². The normalized spacial score (nSPS) is 9.57. The Bertz CT molecular complexity index is 225. The largest absolute Gasteiger partial charge is 0.316 e. The van der Waals surface area contributed by atoms with E-state index in [0.29, 0.717) is 0 Å². The second kappa shape index (κ2) is 8.31. The van der Waals surface area contributed by atoms with Crippen molar-refractivity contribution in [2.75, 3.05) is 0 Å². The lowest BCUT2D eigenvalue weighted by Gasteiger charge is -2.01. The van der Waals surface area contributed by atoms with Gasteiger partial charge < -0.3 is 0 Å². The minimum atomic E-state index is 0. The molecule has 0 spiro atoms. The summed E-state index contributed by atoms with van der Waals surface area (Å²) in [4.78, 5) is 0. The first-order chi connectivity index (χ1) is 6.33. The third-order valence-corrected chi connectivity index (χ3v) is 2.34. The van der Waals surface area contributed by atoms with E-state index in [1.807, 2.05) is 0 Å². The van der Waals surface area contributed by atoms with Crippen LogP contribution in [0.15, 0.2) is 24.3 Å². The van der Waals surface area contributed by atoms with E-state index in [-0.39, 0.29) is 23.1 Å². The molecular weight excluding hydrogens is 180 g/mol. The van der Waals surface area contributed by atoms with Crippen molar-refractivity contribution in [2.24, 2.45) is 0 Å². The number of benzene rings is 1. The summed E-state index contributed by atoms with van der Waals surface area (Å²) in [5.74, 6) is 0. The standard InChI is InChI=1S/C13H19.Mg.2H/c1-3-4-5-6-7-13-10-8-12(2)9-11-13;;;/h8-11H,2-7H2,1H3;;;. The van der Waals surface area contributed by atoms with Crippen molar-refractivity contribution in [1.29, 1.82) is 0 Å². The highest BCUT2D eigenvalue weighted by molar-refractivity contribution is 5.75. The fourth-order valence-corrected chi connectivity index (χ4v) is 1.46. The number of unbranched alkanes of at least 4 members (excludes halogenated alkanes) is 3. The number of rotatable bonds is 5. The van der Waals surface area contributed by atoms with Crippen LogP contribution in [-0.4, -0.2) is 23.1 Å². The molecule has 1 rings (SSSR count). The monoisotopic (exact) mass is 201 g/mol. The van der Waals surface area contributed by atoms with E-state index in [1.165, 1.54) is 37.7 Å². The first-order valence-corrected chi connectivity index (χ1v) is 5.24. The molecule has 0 nitrogen and oxygen atoms in total. The molecule has 0 bridgehead atoms. The average Bonchev–Trinajstić information content (AvgIpc) is 2.15. The Hall–Kier alpha value is -0.0138. The molecule has 0 aliphatic heterocycles. The van der Waals surface area contributed by atoms with Gasteiger partial charge in [-0.3, -0.25) is 0 Å². The molecule has 0 fully saturated rings. The SMILES string of the molecule is [CH2]c1ccc(CCCCCC)cc1.[MgH2]. The lowest BCUT2D eigenvalue weighted by molar-refractivity contribution is 0.667. The van der Waals surface area contributed by atoms with E-state index in [0.717, 1.165) is 5.56 Å². The fraction of sp³-hybridized carbons (Fsp3) is 0.462. The van der Waals surface area contributed by atoms with Crippen LogP contribution in [0.4, 0.5) is 0 Å². The van der Waals surface area contributed by atoms with E-state index in [4.69, 9.17) is 0 Å². The van der Waals surface area contributed by atoms with E-state index in [2.05, 4.69) is 38.1 Å². The minimum Gasteiger partial charge on any atom is -0.0654 e. The minimum absolute atomic E-state index is 0. The Morgan fingerprint density at radius 2 is 1.64 bits per heavy atom. The summed E-state index contributed by atoms with van der Waals surface area (Å²) in [7, 11) is 0. The first kappa shape index (κ1) is 14.0. The molecule has 0 aromatic heterocycles. The summed E-state index contributed by atoms with van der Waals surface area (Å²) >= 11 is 0. The molecule has 0 heterocycles. The van der Waals surface area contributed by atoms with Gasteiger partial charge in [0.15, 0.2) is 0 Å². The van der Waals surface area contributed by atoms with Gasteiger partial charge in [0.25, 0.3) is 0 Å². The Morgan fingerprint density at radius 3 is 2.21 bits per heavy atom. The molecule has 0 aliphatic rings. The summed E-state index contributed by atoms with van der Waals surface area (Å²) < 4.78 is 0. The molecule has 0 amide bonds. The lowest BCUT2D eigenvalue weighted by atomic mass is 10.1. The van der Waals surface area contributed by atoms with Crippen molar-refractivity contribution in [1.82, 2.24) is 0 Å². The predicted molar refractivity (Wildman–Crippen MR) is 67.3 cm³/mol. The van der Waals surface area contributed by atoms with Crippen molar-refractivity contribution in [3.63, 3.8) is 0 Å². The van der Waals surface area contributed by atoms with Crippen LogP contribution in [0.3, 0.4) is 0 Å². The summed E-state index contributed by atoms with van der Waals surface area (Å²) in [6, 6.07) is 8.56. The van der Waals surface area contributed by atoms with Gasteiger partial charge in [-0.2, -0.15) is 0 Å². The van der Waals surface area contributed by atoms with Crippen LogP contribution in [0.2, 0.25) is 0 Å². The molecule has 1 radical (unpaired) electrons. The lowest BCUT2D eigenvalue weighted by Crippen LogP contribution is -1.85. The molecule has 14 heavy (non-hydrogen) atoms. The topological polar surface area (TPSA) is 0 Å². The highest BCUT2D eigenvalue weighted by Gasteiger charge is 1.92. The molecule has 0 saturated heterocycles. The van der Waals surface area contributed by atoms with Crippen LogP contribution >= 0.6 is 0 Å². The van der Waals surface area contributed by atoms with Gasteiger partial charge in [0.05, 0.1) is 0 Å². The van der Waals surface area contributed by atoms with Gasteiger partial charge in [-0.1, -0.05) is 50.5 Å². The molecule has 0 atom stereocenters. The smallest absolute Gasteiger partial charge is 0.0654 e. The molecule has 0 N–H and O–H groups in total. The predicted octanol–water partition coefficient (Wildman–Crippen LogP) is 3.08. The number of aryl methyl sites for hydroxylation is 1. The first-order valence-electron chi connectivity index (χ1n) is 5.24. The second-order valence-electron chi connectivity index (χ2n) is 3.63. The average molecular weight is 202 g/mol. The second-order valence-corrected chi connectivity index (χ2v) is 3.63. The number of hydrogen-bond acceptors (Lipinski definition) is 0. The zero-order chi connectivity index (χ0) is 9.52. The van der Waals surface area contributed by atoms with Gasteiger partial charge in [-0.15, -0.1) is 0 Å². The van der Waals surface area contributed by atoms with Crippen molar-refractivity contribution in [3.05, 3.63) is 42.3 Å². The van der Waals surface area contributed by atoms with E-state index in [9.17, 15) is 0 Å². The fourth-order valence-electron chi connectivity index (χ4n) is 1.46. The summed E-state index contributed by atoms with van der Waals surface area (Å²) in [6.07, 6.45) is 6.60. The summed E-state index contributed by atoms with van der Waals surface area (Å²) in [6.45, 7) is 6.12. The highest BCUT2D eigenvalue weighted by atomic mass is 24.3. The molecule has 0 unspecified atom stereocenters. The maximum Gasteiger partial charge on any atom is 0.316 e. The molecule has 1 aromatic rings. The number of hydrogen-bond donors (Lipinski definition) is 0. The van der Waals surface area contributed by atoms with Crippen LogP contribution in [0, 0.1) is 6.92 Å². The molecule has 0 saturated carbocycles. The van der Waals surface area contributed by atoms with Gasteiger partial charge in [-0.25, -0.2) is 0 Å². The molecule has 75 valence electrons. The van der Waals surface area contributed by atoms with Crippen molar-refractivity contribution < 1.29 is 0 Å². The zero-order valence-corrected chi connectivity index (χ0v) is 8.55. The van der Waals surface area contributed by atoms with Gasteiger partial charge >= 0.3 is 23.1 Å². The van der Waals surface area contributed by atoms with Gasteiger partial charge in [0.2, 0.25) is 0 Å². The van der Waals surface area contributed by atoms with Crippen LogP contribution in [0.1, 0.15) is 43.7 Å². The van der Waals surface area contributed by atoms with E-state index in [1.54, 1.807) is 0 Å². The van der Waals surface area contributed by atoms with Crippen LogP contribution in [0.5, 0.6) is 0 Å². The molecule has 0 aliphatic carbocycles. The van der Waals surface area contributed by atoms with E-state index < -0.39 is 0 Å². The van der Waals surface area contributed by atoms with Crippen LogP contribution in [0.25, 0.3) is 0 Å². The third-order valence-electron chi connectivity index (χ3n) is 2.34.